The van der Waals surface area contributed by atoms with Gasteiger partial charge in [-0.15, -0.1) is 11.8 Å². The molecule has 1 aliphatic heterocycles. The number of methoxy groups -OCH3 is 1. The van der Waals surface area contributed by atoms with Gasteiger partial charge in [-0.3, -0.25) is 0 Å². The van der Waals surface area contributed by atoms with Crippen molar-refractivity contribution in [2.75, 3.05) is 19.9 Å². The fraction of sp³-hybridized carbons (Fsp3) is 0.538. The summed E-state index contributed by atoms with van der Waals surface area (Å²) in [5.74, 6) is 1.00. The molecule has 1 aliphatic rings. The van der Waals surface area contributed by atoms with Crippen LogP contribution in [0.15, 0.2) is 23.1 Å². The lowest BCUT2D eigenvalue weighted by Crippen LogP contribution is -2.23. The first kappa shape index (κ1) is 11.8. The van der Waals surface area contributed by atoms with Crippen molar-refractivity contribution in [1.82, 2.24) is 5.32 Å². The molecular formula is C13H19NOS. The van der Waals surface area contributed by atoms with Crippen molar-refractivity contribution < 1.29 is 4.74 Å². The van der Waals surface area contributed by atoms with Crippen LogP contribution in [-0.2, 0) is 6.42 Å². The molecule has 88 valence electrons. The monoisotopic (exact) mass is 237 g/mol. The molecule has 1 N–H and O–H groups in total. The number of ether oxygens (including phenoxy) is 1. The highest BCUT2D eigenvalue weighted by Crippen LogP contribution is 2.29. The second-order valence-electron chi connectivity index (χ2n) is 4.19. The largest absolute Gasteiger partial charge is 0.496 e. The highest BCUT2D eigenvalue weighted by atomic mass is 32.2. The average Bonchev–Trinajstić information content (AvgIpc) is 2.81. The Morgan fingerprint density at radius 3 is 3.00 bits per heavy atom. The van der Waals surface area contributed by atoms with E-state index < -0.39 is 0 Å². The van der Waals surface area contributed by atoms with Gasteiger partial charge in [0.2, 0.25) is 0 Å². The Bertz CT molecular complexity index is 348. The van der Waals surface area contributed by atoms with E-state index in [2.05, 4.69) is 29.8 Å². The molecule has 1 heterocycles. The molecule has 0 saturated carbocycles. The minimum absolute atomic E-state index is 0.657. The van der Waals surface area contributed by atoms with Crippen molar-refractivity contribution >= 4 is 11.8 Å². The van der Waals surface area contributed by atoms with E-state index in [4.69, 9.17) is 4.74 Å². The molecule has 1 atom stereocenters. The molecule has 16 heavy (non-hydrogen) atoms. The Balaban J connectivity index is 2.09. The van der Waals surface area contributed by atoms with E-state index in [0.717, 1.165) is 12.2 Å². The highest BCUT2D eigenvalue weighted by molar-refractivity contribution is 7.98. The van der Waals surface area contributed by atoms with Gasteiger partial charge in [-0.1, -0.05) is 6.07 Å². The van der Waals surface area contributed by atoms with E-state index in [1.54, 1.807) is 18.9 Å². The number of hydrogen-bond donors (Lipinski definition) is 1. The van der Waals surface area contributed by atoms with Crippen molar-refractivity contribution in [2.45, 2.75) is 30.2 Å². The van der Waals surface area contributed by atoms with Gasteiger partial charge in [-0.05, 0) is 49.8 Å². The first-order valence-corrected chi connectivity index (χ1v) is 7.00. The molecule has 1 aromatic rings. The van der Waals surface area contributed by atoms with Crippen LogP contribution in [0.3, 0.4) is 0 Å². The maximum atomic E-state index is 5.40. The molecule has 2 rings (SSSR count). The predicted octanol–water partition coefficient (Wildman–Crippen LogP) is 2.71. The Morgan fingerprint density at radius 1 is 1.50 bits per heavy atom. The molecule has 0 bridgehead atoms. The summed E-state index contributed by atoms with van der Waals surface area (Å²) in [6.07, 6.45) is 5.80. The number of rotatable bonds is 4. The van der Waals surface area contributed by atoms with Crippen LogP contribution in [0, 0.1) is 0 Å². The van der Waals surface area contributed by atoms with Crippen LogP contribution in [0.4, 0.5) is 0 Å². The van der Waals surface area contributed by atoms with Gasteiger partial charge in [-0.2, -0.15) is 0 Å². The first-order valence-electron chi connectivity index (χ1n) is 5.78. The number of hydrogen-bond acceptors (Lipinski definition) is 3. The zero-order chi connectivity index (χ0) is 11.4. The molecule has 1 unspecified atom stereocenters. The molecule has 1 aromatic carbocycles. The molecule has 0 radical (unpaired) electrons. The fourth-order valence-electron chi connectivity index (χ4n) is 2.22. The molecular weight excluding hydrogens is 218 g/mol. The van der Waals surface area contributed by atoms with Gasteiger partial charge in [0.1, 0.15) is 5.75 Å². The lowest BCUT2D eigenvalue weighted by atomic mass is 10.0. The zero-order valence-corrected chi connectivity index (χ0v) is 10.8. The lowest BCUT2D eigenvalue weighted by molar-refractivity contribution is 0.404. The van der Waals surface area contributed by atoms with E-state index in [0.29, 0.717) is 6.04 Å². The summed E-state index contributed by atoms with van der Waals surface area (Å²) in [7, 11) is 1.74. The Labute approximate surface area is 102 Å². The average molecular weight is 237 g/mol. The normalized spacial score (nSPS) is 20.0. The van der Waals surface area contributed by atoms with Crippen molar-refractivity contribution in [3.05, 3.63) is 23.8 Å². The number of thioether (sulfide) groups is 1. The van der Waals surface area contributed by atoms with Crippen LogP contribution in [0.5, 0.6) is 5.75 Å². The summed E-state index contributed by atoms with van der Waals surface area (Å²) in [6, 6.07) is 7.21. The van der Waals surface area contributed by atoms with Gasteiger partial charge in [-0.25, -0.2) is 0 Å². The molecule has 1 saturated heterocycles. The molecule has 0 aromatic heterocycles. The number of nitrogens with one attached hydrogen (secondary N) is 1. The standard InChI is InChI=1S/C13H19NOS/c1-15-12-9-10(5-6-13(12)16-2)8-11-4-3-7-14-11/h5-6,9,11,14H,3-4,7-8H2,1-2H3. The predicted molar refractivity (Wildman–Crippen MR) is 69.5 cm³/mol. The topological polar surface area (TPSA) is 21.3 Å². The molecule has 0 aliphatic carbocycles. The number of benzene rings is 1. The Morgan fingerprint density at radius 2 is 2.38 bits per heavy atom. The van der Waals surface area contributed by atoms with E-state index in [9.17, 15) is 0 Å². The van der Waals surface area contributed by atoms with E-state index >= 15 is 0 Å². The van der Waals surface area contributed by atoms with Crippen LogP contribution < -0.4 is 10.1 Å². The first-order chi connectivity index (χ1) is 7.83. The van der Waals surface area contributed by atoms with E-state index in [1.807, 2.05) is 0 Å². The highest BCUT2D eigenvalue weighted by Gasteiger charge is 2.15. The Hall–Kier alpha value is -0.670. The van der Waals surface area contributed by atoms with Gasteiger partial charge >= 0.3 is 0 Å². The third-order valence-corrected chi connectivity index (χ3v) is 3.87. The molecule has 3 heteroatoms. The summed E-state index contributed by atoms with van der Waals surface area (Å²) >= 11 is 1.73. The molecule has 1 fully saturated rings. The maximum Gasteiger partial charge on any atom is 0.132 e. The van der Waals surface area contributed by atoms with Gasteiger partial charge in [0.05, 0.1) is 7.11 Å². The van der Waals surface area contributed by atoms with Crippen LogP contribution in [0.2, 0.25) is 0 Å². The minimum Gasteiger partial charge on any atom is -0.496 e. The summed E-state index contributed by atoms with van der Waals surface area (Å²) in [5.41, 5.74) is 1.37. The third-order valence-electron chi connectivity index (χ3n) is 3.09. The summed E-state index contributed by atoms with van der Waals surface area (Å²) in [6.45, 7) is 1.17. The second-order valence-corrected chi connectivity index (χ2v) is 5.03. The molecule has 0 spiro atoms. The van der Waals surface area contributed by atoms with E-state index in [-0.39, 0.29) is 0 Å². The van der Waals surface area contributed by atoms with Crippen molar-refractivity contribution in [3.63, 3.8) is 0 Å². The lowest BCUT2D eigenvalue weighted by Gasteiger charge is -2.12. The molecule has 2 nitrogen and oxygen atoms in total. The second kappa shape index (κ2) is 5.60. The van der Waals surface area contributed by atoms with Crippen LogP contribution in [0.1, 0.15) is 18.4 Å². The van der Waals surface area contributed by atoms with E-state index in [1.165, 1.54) is 29.8 Å². The van der Waals surface area contributed by atoms with Crippen molar-refractivity contribution in [3.8, 4) is 5.75 Å². The minimum atomic E-state index is 0.657. The molecule has 0 amide bonds. The van der Waals surface area contributed by atoms with Crippen LogP contribution in [0.25, 0.3) is 0 Å². The van der Waals surface area contributed by atoms with Gasteiger partial charge in [0.25, 0.3) is 0 Å². The van der Waals surface area contributed by atoms with Gasteiger partial charge in [0.15, 0.2) is 0 Å². The fourth-order valence-corrected chi connectivity index (χ4v) is 2.77. The van der Waals surface area contributed by atoms with Gasteiger partial charge < -0.3 is 10.1 Å². The van der Waals surface area contributed by atoms with Crippen molar-refractivity contribution in [1.29, 1.82) is 0 Å². The van der Waals surface area contributed by atoms with Gasteiger partial charge in [0, 0.05) is 10.9 Å². The summed E-state index contributed by atoms with van der Waals surface area (Å²) in [5, 5.41) is 3.53. The SMILES string of the molecule is COc1cc(CC2CCCN2)ccc1SC. The maximum absolute atomic E-state index is 5.40. The van der Waals surface area contributed by atoms with Crippen LogP contribution in [-0.4, -0.2) is 26.0 Å². The third kappa shape index (κ3) is 2.71. The zero-order valence-electron chi connectivity index (χ0n) is 9.95. The van der Waals surface area contributed by atoms with Crippen LogP contribution >= 0.6 is 11.8 Å². The quantitative estimate of drug-likeness (QED) is 0.814. The Kier molecular flexibility index (Phi) is 4.13. The summed E-state index contributed by atoms with van der Waals surface area (Å²) in [4.78, 5) is 1.21. The smallest absolute Gasteiger partial charge is 0.132 e. The van der Waals surface area contributed by atoms with Crippen molar-refractivity contribution in [2.24, 2.45) is 0 Å². The summed E-state index contributed by atoms with van der Waals surface area (Å²) < 4.78 is 5.40.